The molecule has 218 valence electrons. The molecular formula is C28H38F8O2. The average molecular weight is 559 g/mol. The maximum absolute atomic E-state index is 14.4. The summed E-state index contributed by atoms with van der Waals surface area (Å²) in [5, 5.41) is 0. The second-order valence-corrected chi connectivity index (χ2v) is 11.0. The van der Waals surface area contributed by atoms with Gasteiger partial charge in [-0.15, -0.1) is 0 Å². The van der Waals surface area contributed by atoms with Gasteiger partial charge in [0, 0.05) is 12.1 Å². The summed E-state index contributed by atoms with van der Waals surface area (Å²) in [7, 11) is 0. The number of rotatable bonds is 13. The van der Waals surface area contributed by atoms with Crippen LogP contribution < -0.4 is 9.47 Å². The summed E-state index contributed by atoms with van der Waals surface area (Å²) in [6.07, 6.45) is 0.291. The molecule has 38 heavy (non-hydrogen) atoms. The SMILES string of the molecule is CCCCCC1CCC(C2CCC(CCC(F)(F)Oc3cc(F)c(OC(F)(F)C(F)F)c(F)c3)CC2)CC1. The van der Waals surface area contributed by atoms with Crippen LogP contribution in [0.5, 0.6) is 11.5 Å². The van der Waals surface area contributed by atoms with Gasteiger partial charge in [-0.25, -0.2) is 8.78 Å². The van der Waals surface area contributed by atoms with Gasteiger partial charge in [-0.1, -0.05) is 58.3 Å². The first kappa shape index (κ1) is 30.8. The molecule has 0 spiro atoms. The van der Waals surface area contributed by atoms with Gasteiger partial charge in [0.15, 0.2) is 17.4 Å². The number of unbranched alkanes of at least 4 members (excludes halogenated alkanes) is 2. The van der Waals surface area contributed by atoms with Gasteiger partial charge in [-0.3, -0.25) is 0 Å². The van der Waals surface area contributed by atoms with Crippen molar-refractivity contribution in [1.29, 1.82) is 0 Å². The highest BCUT2D eigenvalue weighted by atomic mass is 19.3. The highest BCUT2D eigenvalue weighted by Crippen LogP contribution is 2.44. The van der Waals surface area contributed by atoms with Crippen LogP contribution in [0, 0.1) is 35.3 Å². The van der Waals surface area contributed by atoms with Crippen LogP contribution in [-0.4, -0.2) is 18.6 Å². The van der Waals surface area contributed by atoms with Gasteiger partial charge in [-0.05, 0) is 55.8 Å². The fourth-order valence-electron chi connectivity index (χ4n) is 6.05. The number of benzene rings is 1. The van der Waals surface area contributed by atoms with E-state index in [0.717, 1.165) is 37.5 Å². The number of alkyl halides is 6. The van der Waals surface area contributed by atoms with Gasteiger partial charge in [0.05, 0.1) is 6.42 Å². The third kappa shape index (κ3) is 8.90. The van der Waals surface area contributed by atoms with Crippen LogP contribution >= 0.6 is 0 Å². The van der Waals surface area contributed by atoms with Gasteiger partial charge >= 0.3 is 18.6 Å². The minimum absolute atomic E-state index is 0.104. The second-order valence-electron chi connectivity index (χ2n) is 11.0. The van der Waals surface area contributed by atoms with Crippen molar-refractivity contribution in [1.82, 2.24) is 0 Å². The largest absolute Gasteiger partial charge is 0.461 e. The summed E-state index contributed by atoms with van der Waals surface area (Å²) in [4.78, 5) is 0. The van der Waals surface area contributed by atoms with Gasteiger partial charge in [0.25, 0.3) is 0 Å². The Labute approximate surface area is 219 Å². The summed E-state index contributed by atoms with van der Waals surface area (Å²) >= 11 is 0. The molecule has 0 N–H and O–H groups in total. The molecule has 0 atom stereocenters. The van der Waals surface area contributed by atoms with E-state index in [1.807, 2.05) is 0 Å². The van der Waals surface area contributed by atoms with E-state index in [2.05, 4.69) is 16.4 Å². The molecule has 3 rings (SSSR count). The van der Waals surface area contributed by atoms with Crippen LogP contribution in [0.1, 0.15) is 96.8 Å². The van der Waals surface area contributed by atoms with Crippen LogP contribution in [0.3, 0.4) is 0 Å². The van der Waals surface area contributed by atoms with E-state index in [9.17, 15) is 35.1 Å². The summed E-state index contributed by atoms with van der Waals surface area (Å²) in [5.74, 6) is -4.15. The minimum Gasteiger partial charge on any atom is -0.432 e. The number of hydrogen-bond donors (Lipinski definition) is 0. The highest BCUT2D eigenvalue weighted by Gasteiger charge is 2.45. The maximum Gasteiger partial charge on any atom is 0.461 e. The molecule has 0 aromatic heterocycles. The number of hydrogen-bond acceptors (Lipinski definition) is 2. The predicted molar refractivity (Wildman–Crippen MR) is 128 cm³/mol. The standard InChI is InChI=1S/C28H38F8O2/c1-2-3-4-5-18-6-10-20(11-7-18)21-12-8-19(9-13-21)14-15-27(33,34)37-22-16-23(29)25(24(30)17-22)38-28(35,36)26(31)32/h16-21,26H,2-15H2,1H3. The van der Waals surface area contributed by atoms with E-state index < -0.39 is 48.2 Å². The lowest BCUT2D eigenvalue weighted by Crippen LogP contribution is -2.34. The molecule has 2 nitrogen and oxygen atoms in total. The molecule has 0 saturated heterocycles. The van der Waals surface area contributed by atoms with Gasteiger partial charge in [-0.2, -0.15) is 26.3 Å². The number of halogens is 8. The molecule has 0 unspecified atom stereocenters. The van der Waals surface area contributed by atoms with Crippen molar-refractivity contribution >= 4 is 0 Å². The van der Waals surface area contributed by atoms with E-state index in [1.165, 1.54) is 51.4 Å². The van der Waals surface area contributed by atoms with Gasteiger partial charge in [0.2, 0.25) is 0 Å². The molecule has 0 bridgehead atoms. The van der Waals surface area contributed by atoms with E-state index in [0.29, 0.717) is 5.92 Å². The lowest BCUT2D eigenvalue weighted by atomic mass is 9.68. The molecule has 1 aromatic rings. The summed E-state index contributed by atoms with van der Waals surface area (Å²) in [6, 6.07) is 0.412. The van der Waals surface area contributed by atoms with Gasteiger partial charge in [0.1, 0.15) is 5.75 Å². The van der Waals surface area contributed by atoms with Crippen LogP contribution in [0.15, 0.2) is 12.1 Å². The molecule has 2 fully saturated rings. The molecule has 2 saturated carbocycles. The van der Waals surface area contributed by atoms with Crippen molar-refractivity contribution in [3.05, 3.63) is 23.8 Å². The number of ether oxygens (including phenoxy) is 2. The zero-order chi connectivity index (χ0) is 27.9. The third-order valence-corrected chi connectivity index (χ3v) is 8.24. The van der Waals surface area contributed by atoms with Crippen molar-refractivity contribution in [3.8, 4) is 11.5 Å². The predicted octanol–water partition coefficient (Wildman–Crippen LogP) is 10.1. The fraction of sp³-hybridized carbons (Fsp3) is 0.786. The Bertz CT molecular complexity index is 839. The van der Waals surface area contributed by atoms with Crippen molar-refractivity contribution in [2.45, 2.75) is 115 Å². The van der Waals surface area contributed by atoms with Crippen molar-refractivity contribution < 1.29 is 44.6 Å². The zero-order valence-electron chi connectivity index (χ0n) is 21.8. The van der Waals surface area contributed by atoms with E-state index in [1.54, 1.807) is 0 Å². The third-order valence-electron chi connectivity index (χ3n) is 8.24. The molecule has 10 heteroatoms. The first-order valence-electron chi connectivity index (χ1n) is 13.8. The second kappa shape index (κ2) is 13.6. The molecule has 0 heterocycles. The topological polar surface area (TPSA) is 18.5 Å². The highest BCUT2D eigenvalue weighted by molar-refractivity contribution is 5.35. The normalized spacial score (nSPS) is 25.0. The van der Waals surface area contributed by atoms with Crippen molar-refractivity contribution in [2.75, 3.05) is 0 Å². The monoisotopic (exact) mass is 558 g/mol. The maximum atomic E-state index is 14.4. The molecule has 0 amide bonds. The fourth-order valence-corrected chi connectivity index (χ4v) is 6.05. The first-order valence-corrected chi connectivity index (χ1v) is 13.8. The van der Waals surface area contributed by atoms with Crippen LogP contribution in [0.25, 0.3) is 0 Å². The van der Waals surface area contributed by atoms with E-state index in [4.69, 9.17) is 0 Å². The Balaban J connectivity index is 1.42. The molecule has 0 aliphatic heterocycles. The summed E-state index contributed by atoms with van der Waals surface area (Å²) in [5.41, 5.74) is 0. The Morgan fingerprint density at radius 2 is 1.26 bits per heavy atom. The summed E-state index contributed by atoms with van der Waals surface area (Å²) < 4.78 is 115. The Morgan fingerprint density at radius 1 is 0.763 bits per heavy atom. The molecule has 1 aromatic carbocycles. The molecular weight excluding hydrogens is 520 g/mol. The van der Waals surface area contributed by atoms with Gasteiger partial charge < -0.3 is 9.47 Å². The smallest absolute Gasteiger partial charge is 0.432 e. The van der Waals surface area contributed by atoms with Crippen LogP contribution in [-0.2, 0) is 0 Å². The Kier molecular flexibility index (Phi) is 11.0. The first-order chi connectivity index (χ1) is 17.9. The van der Waals surface area contributed by atoms with Crippen molar-refractivity contribution in [3.63, 3.8) is 0 Å². The molecule has 2 aliphatic carbocycles. The van der Waals surface area contributed by atoms with E-state index in [-0.39, 0.29) is 24.5 Å². The lowest BCUT2D eigenvalue weighted by Gasteiger charge is -2.38. The Morgan fingerprint density at radius 3 is 1.74 bits per heavy atom. The van der Waals surface area contributed by atoms with Crippen LogP contribution in [0.4, 0.5) is 35.1 Å². The molecule has 2 aliphatic rings. The van der Waals surface area contributed by atoms with E-state index >= 15 is 0 Å². The van der Waals surface area contributed by atoms with Crippen molar-refractivity contribution in [2.24, 2.45) is 23.7 Å². The molecule has 0 radical (unpaired) electrons. The quantitative estimate of drug-likeness (QED) is 0.177. The lowest BCUT2D eigenvalue weighted by molar-refractivity contribution is -0.255. The van der Waals surface area contributed by atoms with Crippen LogP contribution in [0.2, 0.25) is 0 Å². The zero-order valence-corrected chi connectivity index (χ0v) is 21.8. The minimum atomic E-state index is -5.15. The average Bonchev–Trinajstić information content (AvgIpc) is 2.86. The summed E-state index contributed by atoms with van der Waals surface area (Å²) in [6.45, 7) is 2.22. The Hall–Kier alpha value is -1.74.